The Balaban J connectivity index is 2.28. The summed E-state index contributed by atoms with van der Waals surface area (Å²) in [5.41, 5.74) is -0.932. The van der Waals surface area contributed by atoms with Gasteiger partial charge >= 0.3 is 12.1 Å². The summed E-state index contributed by atoms with van der Waals surface area (Å²) >= 11 is 0. The highest BCUT2D eigenvalue weighted by Gasteiger charge is 2.30. The van der Waals surface area contributed by atoms with Crippen LogP contribution in [0.25, 0.3) is 11.4 Å². The van der Waals surface area contributed by atoms with Crippen molar-refractivity contribution in [3.8, 4) is 17.3 Å². The van der Waals surface area contributed by atoms with Crippen molar-refractivity contribution in [2.45, 2.75) is 19.5 Å². The van der Waals surface area contributed by atoms with Gasteiger partial charge in [-0.05, 0) is 19.1 Å². The smallest absolute Gasteiger partial charge is 0.416 e. The lowest BCUT2D eigenvalue weighted by molar-refractivity contribution is -0.142. The van der Waals surface area contributed by atoms with Crippen molar-refractivity contribution in [1.29, 1.82) is 0 Å². The van der Waals surface area contributed by atoms with Crippen molar-refractivity contribution in [3.05, 3.63) is 35.5 Å². The number of ether oxygens (including phenoxy) is 1. The zero-order chi connectivity index (χ0) is 17.0. The molecule has 0 saturated heterocycles. The first kappa shape index (κ1) is 16.7. The molecule has 1 aromatic heterocycles. The molecule has 2 aromatic rings. The number of halogens is 3. The predicted molar refractivity (Wildman–Crippen MR) is 72.3 cm³/mol. The van der Waals surface area contributed by atoms with E-state index in [0.717, 1.165) is 12.1 Å². The van der Waals surface area contributed by atoms with Gasteiger partial charge in [0.05, 0.1) is 18.6 Å². The Hall–Kier alpha value is -2.71. The molecule has 122 valence electrons. The van der Waals surface area contributed by atoms with Crippen molar-refractivity contribution in [3.63, 3.8) is 0 Å². The molecular weight excluding hydrogens is 315 g/mol. The first-order valence-corrected chi connectivity index (χ1v) is 6.57. The zero-order valence-electron chi connectivity index (χ0n) is 12.0. The van der Waals surface area contributed by atoms with Crippen LogP contribution in [-0.2, 0) is 22.1 Å². The van der Waals surface area contributed by atoms with Crippen LogP contribution >= 0.6 is 0 Å². The fraction of sp³-hybridized carbons (Fsp3) is 0.286. The number of nitrogens with zero attached hydrogens (tertiary/aromatic N) is 3. The first-order valence-electron chi connectivity index (χ1n) is 6.57. The summed E-state index contributed by atoms with van der Waals surface area (Å²) in [5.74, 6) is -1.38. The number of aromatic nitrogens is 3. The number of hydrogen-bond donors (Lipinski definition) is 1. The molecule has 6 nitrogen and oxygen atoms in total. The molecule has 0 aliphatic carbocycles. The first-order chi connectivity index (χ1) is 10.8. The summed E-state index contributed by atoms with van der Waals surface area (Å²) in [5, 5.41) is 17.0. The van der Waals surface area contributed by atoms with Gasteiger partial charge in [-0.1, -0.05) is 12.1 Å². The van der Waals surface area contributed by atoms with E-state index < -0.39 is 23.6 Å². The lowest BCUT2D eigenvalue weighted by Crippen LogP contribution is -2.10. The number of carbonyl (C=O) groups is 1. The molecule has 0 bridgehead atoms. The van der Waals surface area contributed by atoms with Gasteiger partial charge in [-0.3, -0.25) is 4.79 Å². The molecule has 0 atom stereocenters. The molecule has 0 aliphatic heterocycles. The number of esters is 1. The van der Waals surface area contributed by atoms with E-state index in [0.29, 0.717) is 0 Å². The highest BCUT2D eigenvalue weighted by molar-refractivity contribution is 5.72. The van der Waals surface area contributed by atoms with E-state index in [-0.39, 0.29) is 30.1 Å². The van der Waals surface area contributed by atoms with Gasteiger partial charge in [0.25, 0.3) is 0 Å². The third-order valence-corrected chi connectivity index (χ3v) is 2.80. The predicted octanol–water partition coefficient (Wildman–Crippen LogP) is 2.37. The lowest BCUT2D eigenvalue weighted by Gasteiger charge is -2.08. The van der Waals surface area contributed by atoms with Crippen LogP contribution < -0.4 is 0 Å². The molecule has 0 unspecified atom stereocenters. The summed E-state index contributed by atoms with van der Waals surface area (Å²) in [7, 11) is 0. The highest BCUT2D eigenvalue weighted by atomic mass is 19.4. The largest absolute Gasteiger partial charge is 0.492 e. The molecule has 2 rings (SSSR count). The lowest BCUT2D eigenvalue weighted by atomic mass is 10.1. The van der Waals surface area contributed by atoms with E-state index in [9.17, 15) is 23.1 Å². The molecule has 0 amide bonds. The maximum atomic E-state index is 12.7. The van der Waals surface area contributed by atoms with E-state index in [1.54, 1.807) is 6.92 Å². The third kappa shape index (κ3) is 4.15. The van der Waals surface area contributed by atoms with E-state index in [1.807, 2.05) is 0 Å². The Bertz CT molecular complexity index is 720. The quantitative estimate of drug-likeness (QED) is 0.868. The zero-order valence-corrected chi connectivity index (χ0v) is 12.0. The van der Waals surface area contributed by atoms with Crippen LogP contribution in [0.15, 0.2) is 24.3 Å². The van der Waals surface area contributed by atoms with Crippen LogP contribution in [0.4, 0.5) is 13.2 Å². The van der Waals surface area contributed by atoms with Crippen molar-refractivity contribution in [2.24, 2.45) is 0 Å². The fourth-order valence-corrected chi connectivity index (χ4v) is 1.76. The van der Waals surface area contributed by atoms with Gasteiger partial charge in [0, 0.05) is 5.56 Å². The molecule has 1 heterocycles. The topological polar surface area (TPSA) is 85.2 Å². The molecule has 0 aliphatic rings. The molecule has 0 spiro atoms. The number of alkyl halides is 3. The number of rotatable bonds is 4. The van der Waals surface area contributed by atoms with Crippen LogP contribution in [-0.4, -0.2) is 32.9 Å². The molecular formula is C14H12F3N3O3. The highest BCUT2D eigenvalue weighted by Crippen LogP contribution is 2.31. The molecule has 0 fully saturated rings. The van der Waals surface area contributed by atoms with Gasteiger partial charge in [-0.15, -0.1) is 10.2 Å². The van der Waals surface area contributed by atoms with Crippen molar-refractivity contribution >= 4 is 5.97 Å². The van der Waals surface area contributed by atoms with Gasteiger partial charge in [-0.2, -0.15) is 18.2 Å². The Morgan fingerprint density at radius 1 is 1.30 bits per heavy atom. The molecule has 23 heavy (non-hydrogen) atoms. The fourth-order valence-electron chi connectivity index (χ4n) is 1.76. The van der Waals surface area contributed by atoms with Crippen molar-refractivity contribution in [1.82, 2.24) is 15.2 Å². The van der Waals surface area contributed by atoms with Crippen LogP contribution in [0.5, 0.6) is 5.88 Å². The van der Waals surface area contributed by atoms with Crippen LogP contribution in [0.3, 0.4) is 0 Å². The van der Waals surface area contributed by atoms with Crippen molar-refractivity contribution < 1.29 is 27.8 Å². The van der Waals surface area contributed by atoms with Crippen LogP contribution in [0.1, 0.15) is 18.2 Å². The molecule has 0 radical (unpaired) electrons. The standard InChI is InChI=1S/C14H12F3N3O3/c1-2-23-11(21)7-10-13(22)18-12(20-19-10)8-4-3-5-9(6-8)14(15,16)17/h3-6H,2,7H2,1H3,(H,18,20,22). The normalized spacial score (nSPS) is 11.3. The maximum Gasteiger partial charge on any atom is 0.416 e. The second-order valence-corrected chi connectivity index (χ2v) is 4.47. The summed E-state index contributed by atoms with van der Waals surface area (Å²) in [4.78, 5) is 15.0. The maximum absolute atomic E-state index is 12.7. The summed E-state index contributed by atoms with van der Waals surface area (Å²) in [6.07, 6.45) is -4.84. The van der Waals surface area contributed by atoms with Gasteiger partial charge in [0.15, 0.2) is 5.82 Å². The number of aromatic hydroxyl groups is 1. The second kappa shape index (κ2) is 6.59. The Morgan fingerprint density at radius 3 is 2.65 bits per heavy atom. The minimum absolute atomic E-state index is 0.0466. The minimum Gasteiger partial charge on any atom is -0.492 e. The number of benzene rings is 1. The van der Waals surface area contributed by atoms with E-state index in [2.05, 4.69) is 15.2 Å². The van der Waals surface area contributed by atoms with E-state index in [1.165, 1.54) is 12.1 Å². The average Bonchev–Trinajstić information content (AvgIpc) is 2.49. The van der Waals surface area contributed by atoms with Gasteiger partial charge < -0.3 is 9.84 Å². The van der Waals surface area contributed by atoms with Gasteiger partial charge in [0.2, 0.25) is 5.88 Å². The Labute approximate surface area is 129 Å². The molecule has 1 N–H and O–H groups in total. The number of hydrogen-bond acceptors (Lipinski definition) is 6. The third-order valence-electron chi connectivity index (χ3n) is 2.80. The number of carbonyl (C=O) groups excluding carboxylic acids is 1. The van der Waals surface area contributed by atoms with E-state index in [4.69, 9.17) is 4.74 Å². The molecule has 0 saturated carbocycles. The SMILES string of the molecule is CCOC(=O)Cc1nnc(-c2cccc(C(F)(F)F)c2)nc1O. The van der Waals surface area contributed by atoms with Gasteiger partial charge in [-0.25, -0.2) is 0 Å². The van der Waals surface area contributed by atoms with E-state index >= 15 is 0 Å². The summed E-state index contributed by atoms with van der Waals surface area (Å²) in [6.45, 7) is 1.79. The second-order valence-electron chi connectivity index (χ2n) is 4.47. The van der Waals surface area contributed by atoms with Gasteiger partial charge in [0.1, 0.15) is 5.69 Å². The van der Waals surface area contributed by atoms with Crippen LogP contribution in [0.2, 0.25) is 0 Å². The monoisotopic (exact) mass is 327 g/mol. The summed E-state index contributed by atoms with van der Waals surface area (Å²) in [6, 6.07) is 4.31. The van der Waals surface area contributed by atoms with Crippen molar-refractivity contribution in [2.75, 3.05) is 6.61 Å². The van der Waals surface area contributed by atoms with Crippen LogP contribution in [0, 0.1) is 0 Å². The average molecular weight is 327 g/mol. The molecule has 9 heteroatoms. The Kier molecular flexibility index (Phi) is 4.77. The minimum atomic E-state index is -4.50. The Morgan fingerprint density at radius 2 is 2.04 bits per heavy atom. The summed E-state index contributed by atoms with van der Waals surface area (Å²) < 4.78 is 42.8. The molecule has 1 aromatic carbocycles.